The Morgan fingerprint density at radius 2 is 1.56 bits per heavy atom. The number of rotatable bonds is 3. The van der Waals surface area contributed by atoms with Crippen molar-refractivity contribution in [2.24, 2.45) is 5.10 Å². The first-order valence-electron chi connectivity index (χ1n) is 8.14. The Labute approximate surface area is 160 Å². The quantitative estimate of drug-likeness (QED) is 0.483. The maximum atomic E-state index is 6.03. The summed E-state index contributed by atoms with van der Waals surface area (Å²) < 4.78 is 1.06. The minimum atomic E-state index is 0.188. The Hall–Kier alpha value is -2.10. The van der Waals surface area contributed by atoms with Gasteiger partial charge in [0.05, 0.1) is 17.4 Å². The average molecular weight is 412 g/mol. The van der Waals surface area contributed by atoms with Crippen molar-refractivity contribution in [2.75, 3.05) is 5.01 Å². The van der Waals surface area contributed by atoms with Crippen molar-refractivity contribution in [1.82, 2.24) is 0 Å². The van der Waals surface area contributed by atoms with Crippen LogP contribution >= 0.6 is 27.5 Å². The Morgan fingerprint density at radius 1 is 0.880 bits per heavy atom. The molecule has 4 rings (SSSR count). The van der Waals surface area contributed by atoms with Crippen molar-refractivity contribution in [3.63, 3.8) is 0 Å². The number of benzene rings is 3. The van der Waals surface area contributed by atoms with Crippen molar-refractivity contribution in [3.05, 3.63) is 99.5 Å². The van der Waals surface area contributed by atoms with Gasteiger partial charge < -0.3 is 0 Å². The summed E-state index contributed by atoms with van der Waals surface area (Å²) in [6.07, 6.45) is 0.863. The van der Waals surface area contributed by atoms with Crippen LogP contribution in [-0.4, -0.2) is 5.71 Å². The first-order chi connectivity index (χ1) is 12.2. The number of hydrogen-bond donors (Lipinski definition) is 0. The molecule has 0 aromatic heterocycles. The summed E-state index contributed by atoms with van der Waals surface area (Å²) in [5, 5.41) is 7.80. The van der Waals surface area contributed by atoms with E-state index in [2.05, 4.69) is 57.3 Å². The molecule has 1 heterocycles. The highest BCUT2D eigenvalue weighted by molar-refractivity contribution is 9.10. The van der Waals surface area contributed by atoms with Gasteiger partial charge in [-0.25, -0.2) is 0 Å². The minimum absolute atomic E-state index is 0.188. The van der Waals surface area contributed by atoms with Crippen LogP contribution in [0, 0.1) is 0 Å². The molecule has 25 heavy (non-hydrogen) atoms. The van der Waals surface area contributed by atoms with Gasteiger partial charge in [0.25, 0.3) is 0 Å². The second-order valence-corrected chi connectivity index (χ2v) is 7.36. The van der Waals surface area contributed by atoms with Gasteiger partial charge in [-0.1, -0.05) is 70.0 Å². The predicted molar refractivity (Wildman–Crippen MR) is 108 cm³/mol. The van der Waals surface area contributed by atoms with Gasteiger partial charge in [0, 0.05) is 15.9 Å². The second-order valence-electron chi connectivity index (χ2n) is 6.01. The lowest BCUT2D eigenvalue weighted by molar-refractivity contribution is 0.709. The molecule has 3 aromatic carbocycles. The van der Waals surface area contributed by atoms with Crippen molar-refractivity contribution in [3.8, 4) is 0 Å². The van der Waals surface area contributed by atoms with E-state index in [0.717, 1.165) is 32.9 Å². The summed E-state index contributed by atoms with van der Waals surface area (Å²) >= 11 is 9.53. The molecule has 0 aliphatic carbocycles. The molecule has 1 aliphatic heterocycles. The molecule has 124 valence electrons. The molecule has 0 bridgehead atoms. The van der Waals surface area contributed by atoms with Gasteiger partial charge in [-0.3, -0.25) is 5.01 Å². The van der Waals surface area contributed by atoms with E-state index in [0.29, 0.717) is 0 Å². The zero-order chi connectivity index (χ0) is 17.2. The number of halogens is 2. The first-order valence-corrected chi connectivity index (χ1v) is 9.31. The van der Waals surface area contributed by atoms with E-state index in [1.165, 1.54) is 5.56 Å². The summed E-state index contributed by atoms with van der Waals surface area (Å²) in [6, 6.07) is 26.9. The SMILES string of the molecule is Clc1ccc(C2=NN(c3ccc(Br)cc3)[C@H](c3ccccc3)C2)cc1. The lowest BCUT2D eigenvalue weighted by Crippen LogP contribution is -2.18. The third-order valence-electron chi connectivity index (χ3n) is 4.36. The normalized spacial score (nSPS) is 16.8. The highest BCUT2D eigenvalue weighted by atomic mass is 79.9. The van der Waals surface area contributed by atoms with Crippen molar-refractivity contribution < 1.29 is 0 Å². The molecule has 0 unspecified atom stereocenters. The summed E-state index contributed by atoms with van der Waals surface area (Å²) in [5.74, 6) is 0. The van der Waals surface area contributed by atoms with E-state index in [4.69, 9.17) is 16.7 Å². The van der Waals surface area contributed by atoms with Crippen LogP contribution in [0.4, 0.5) is 5.69 Å². The van der Waals surface area contributed by atoms with Crippen LogP contribution in [-0.2, 0) is 0 Å². The Morgan fingerprint density at radius 3 is 2.24 bits per heavy atom. The van der Waals surface area contributed by atoms with Crippen LogP contribution < -0.4 is 5.01 Å². The lowest BCUT2D eigenvalue weighted by Gasteiger charge is -2.24. The molecule has 3 aromatic rings. The fourth-order valence-corrected chi connectivity index (χ4v) is 3.48. The van der Waals surface area contributed by atoms with E-state index in [-0.39, 0.29) is 6.04 Å². The fourth-order valence-electron chi connectivity index (χ4n) is 3.09. The number of nitrogens with zero attached hydrogens (tertiary/aromatic N) is 2. The van der Waals surface area contributed by atoms with Crippen LogP contribution in [0.25, 0.3) is 0 Å². The van der Waals surface area contributed by atoms with E-state index in [1.54, 1.807) is 0 Å². The van der Waals surface area contributed by atoms with Crippen molar-refractivity contribution in [1.29, 1.82) is 0 Å². The van der Waals surface area contributed by atoms with Gasteiger partial charge in [0.2, 0.25) is 0 Å². The summed E-state index contributed by atoms with van der Waals surface area (Å²) in [7, 11) is 0. The number of anilines is 1. The Bertz CT molecular complexity index is 889. The van der Waals surface area contributed by atoms with Gasteiger partial charge in [-0.2, -0.15) is 5.10 Å². The molecule has 1 aliphatic rings. The van der Waals surface area contributed by atoms with Crippen LogP contribution in [0.2, 0.25) is 5.02 Å². The molecule has 1 atom stereocenters. The largest absolute Gasteiger partial charge is 0.257 e. The number of hydrazone groups is 1. The molecule has 0 amide bonds. The maximum Gasteiger partial charge on any atom is 0.0831 e. The van der Waals surface area contributed by atoms with E-state index >= 15 is 0 Å². The minimum Gasteiger partial charge on any atom is -0.257 e. The van der Waals surface area contributed by atoms with Crippen molar-refractivity contribution >= 4 is 38.9 Å². The van der Waals surface area contributed by atoms with E-state index < -0.39 is 0 Å². The van der Waals surface area contributed by atoms with E-state index in [1.807, 2.05) is 42.5 Å². The smallest absolute Gasteiger partial charge is 0.0831 e. The first kappa shape index (κ1) is 16.4. The monoisotopic (exact) mass is 410 g/mol. The van der Waals surface area contributed by atoms with Crippen LogP contribution in [0.3, 0.4) is 0 Å². The molecular formula is C21H16BrClN2. The van der Waals surface area contributed by atoms with Crippen LogP contribution in [0.1, 0.15) is 23.6 Å². The van der Waals surface area contributed by atoms with Gasteiger partial charge in [0.15, 0.2) is 0 Å². The lowest BCUT2D eigenvalue weighted by atomic mass is 9.98. The highest BCUT2D eigenvalue weighted by Gasteiger charge is 2.29. The molecule has 0 N–H and O–H groups in total. The average Bonchev–Trinajstić information content (AvgIpc) is 3.09. The zero-order valence-corrected chi connectivity index (χ0v) is 15.8. The molecule has 0 saturated carbocycles. The van der Waals surface area contributed by atoms with Crippen LogP contribution in [0.5, 0.6) is 0 Å². The summed E-state index contributed by atoms with van der Waals surface area (Å²) in [6.45, 7) is 0. The molecule has 0 saturated heterocycles. The highest BCUT2D eigenvalue weighted by Crippen LogP contribution is 2.37. The van der Waals surface area contributed by atoms with Gasteiger partial charge in [-0.15, -0.1) is 0 Å². The molecular weight excluding hydrogens is 396 g/mol. The second kappa shape index (κ2) is 7.03. The molecule has 4 heteroatoms. The maximum absolute atomic E-state index is 6.03. The van der Waals surface area contributed by atoms with Gasteiger partial charge >= 0.3 is 0 Å². The Balaban J connectivity index is 1.74. The molecule has 0 fully saturated rings. The third-order valence-corrected chi connectivity index (χ3v) is 5.14. The molecule has 0 radical (unpaired) electrons. The third kappa shape index (κ3) is 3.48. The predicted octanol–water partition coefficient (Wildman–Crippen LogP) is 6.46. The molecule has 2 nitrogen and oxygen atoms in total. The van der Waals surface area contributed by atoms with Crippen LogP contribution in [0.15, 0.2) is 88.4 Å². The summed E-state index contributed by atoms with van der Waals surface area (Å²) in [4.78, 5) is 0. The molecule has 0 spiro atoms. The van der Waals surface area contributed by atoms with Crippen molar-refractivity contribution in [2.45, 2.75) is 12.5 Å². The zero-order valence-electron chi connectivity index (χ0n) is 13.4. The van der Waals surface area contributed by atoms with Gasteiger partial charge in [-0.05, 0) is 47.5 Å². The standard InChI is InChI=1S/C21H16BrClN2/c22-17-8-12-19(13-9-17)25-21(16-4-2-1-3-5-16)14-20(24-25)15-6-10-18(23)11-7-15/h1-13,21H,14H2/t21-/m0/s1. The number of hydrogen-bond acceptors (Lipinski definition) is 2. The topological polar surface area (TPSA) is 15.6 Å². The fraction of sp³-hybridized carbons (Fsp3) is 0.0952. The van der Waals surface area contributed by atoms with Gasteiger partial charge in [0.1, 0.15) is 0 Å². The summed E-state index contributed by atoms with van der Waals surface area (Å²) in [5.41, 5.74) is 4.54. The van der Waals surface area contributed by atoms with E-state index in [9.17, 15) is 0 Å². The Kier molecular flexibility index (Phi) is 4.60.